The van der Waals surface area contributed by atoms with E-state index >= 15 is 0 Å². The smallest absolute Gasteiger partial charge is 0.275 e. The third kappa shape index (κ3) is 4.44. The number of benzene rings is 1. The summed E-state index contributed by atoms with van der Waals surface area (Å²) < 4.78 is 0. The summed E-state index contributed by atoms with van der Waals surface area (Å²) in [6, 6.07) is 8.73. The van der Waals surface area contributed by atoms with E-state index < -0.39 is 17.4 Å². The maximum Gasteiger partial charge on any atom is 0.275 e. The number of hydrogen-bond donors (Lipinski definition) is 4. The van der Waals surface area contributed by atoms with Crippen LogP contribution in [0.5, 0.6) is 0 Å². The Hall–Kier alpha value is -3.09. The summed E-state index contributed by atoms with van der Waals surface area (Å²) >= 11 is 0. The van der Waals surface area contributed by atoms with Gasteiger partial charge in [0.15, 0.2) is 0 Å². The molecule has 1 aromatic carbocycles. The highest BCUT2D eigenvalue weighted by atomic mass is 16.2. The zero-order chi connectivity index (χ0) is 16.8. The first kappa shape index (κ1) is 16.3. The van der Waals surface area contributed by atoms with E-state index in [1.165, 1.54) is 18.3 Å². The summed E-state index contributed by atoms with van der Waals surface area (Å²) in [5.41, 5.74) is 6.87. The van der Waals surface area contributed by atoms with Crippen molar-refractivity contribution < 1.29 is 9.59 Å². The summed E-state index contributed by atoms with van der Waals surface area (Å²) in [7, 11) is 0. The first-order valence-electron chi connectivity index (χ1n) is 7.05. The van der Waals surface area contributed by atoms with Crippen LogP contribution in [0.2, 0.25) is 0 Å². The number of aromatic amines is 1. The van der Waals surface area contributed by atoms with E-state index in [-0.39, 0.29) is 12.1 Å². The van der Waals surface area contributed by atoms with Gasteiger partial charge in [0, 0.05) is 11.9 Å². The highest BCUT2D eigenvalue weighted by molar-refractivity contribution is 5.95. The third-order valence-electron chi connectivity index (χ3n) is 3.20. The number of aromatic nitrogens is 1. The van der Waals surface area contributed by atoms with Crippen molar-refractivity contribution in [1.29, 1.82) is 0 Å². The maximum atomic E-state index is 11.8. The highest BCUT2D eigenvalue weighted by Gasteiger charge is 2.10. The Morgan fingerprint density at radius 3 is 2.61 bits per heavy atom. The highest BCUT2D eigenvalue weighted by Crippen LogP contribution is 2.15. The number of H-pyrrole nitrogens is 1. The molecule has 0 unspecified atom stereocenters. The molecule has 0 bridgehead atoms. The number of carbonyl (C=O) groups is 2. The number of rotatable bonds is 4. The number of carbonyl (C=O) groups excluding carboxylic acids is 2. The van der Waals surface area contributed by atoms with Crippen LogP contribution in [0.25, 0.3) is 0 Å². The molecule has 23 heavy (non-hydrogen) atoms. The fourth-order valence-electron chi connectivity index (χ4n) is 2.03. The monoisotopic (exact) mass is 314 g/mol. The molecule has 0 aliphatic carbocycles. The predicted molar refractivity (Wildman–Crippen MR) is 87.1 cm³/mol. The zero-order valence-electron chi connectivity index (χ0n) is 12.9. The first-order valence-corrected chi connectivity index (χ1v) is 7.05. The maximum absolute atomic E-state index is 11.8. The standard InChI is InChI=1S/C16H18N4O3/c1-10-5-6-13(11(2)8-10)18-9-14(21)19-20-16(23)12-4-3-7-17-15(12)22/h3-8,18H,9H2,1-2H3,(H,17,22)(H,19,21)(H,20,23). The molecular formula is C16H18N4O3. The number of pyridine rings is 1. The van der Waals surface area contributed by atoms with E-state index in [1.807, 2.05) is 32.0 Å². The molecule has 0 aliphatic heterocycles. The lowest BCUT2D eigenvalue weighted by atomic mass is 10.1. The van der Waals surface area contributed by atoms with Gasteiger partial charge in [-0.2, -0.15) is 0 Å². The SMILES string of the molecule is Cc1ccc(NCC(=O)NNC(=O)c2ccc[nH]c2=O)c(C)c1. The van der Waals surface area contributed by atoms with E-state index in [1.54, 1.807) is 0 Å². The molecule has 0 radical (unpaired) electrons. The van der Waals surface area contributed by atoms with Gasteiger partial charge >= 0.3 is 0 Å². The van der Waals surface area contributed by atoms with Gasteiger partial charge in [0.25, 0.3) is 17.4 Å². The van der Waals surface area contributed by atoms with Crippen molar-refractivity contribution in [3.63, 3.8) is 0 Å². The molecule has 0 atom stereocenters. The molecule has 0 saturated heterocycles. The van der Waals surface area contributed by atoms with E-state index in [4.69, 9.17) is 0 Å². The number of hydrogen-bond acceptors (Lipinski definition) is 4. The average Bonchev–Trinajstić information content (AvgIpc) is 2.52. The molecule has 2 aromatic rings. The number of amides is 2. The summed E-state index contributed by atoms with van der Waals surface area (Å²) in [5, 5.41) is 2.98. The van der Waals surface area contributed by atoms with Crippen LogP contribution >= 0.6 is 0 Å². The predicted octanol–water partition coefficient (Wildman–Crippen LogP) is 0.865. The Morgan fingerprint density at radius 2 is 1.91 bits per heavy atom. The second kappa shape index (κ2) is 7.26. The lowest BCUT2D eigenvalue weighted by molar-refractivity contribution is -0.120. The van der Waals surface area contributed by atoms with Gasteiger partial charge in [0.05, 0.1) is 6.54 Å². The van der Waals surface area contributed by atoms with Crippen molar-refractivity contribution in [3.05, 3.63) is 63.6 Å². The van der Waals surface area contributed by atoms with E-state index in [0.29, 0.717) is 0 Å². The topological polar surface area (TPSA) is 103 Å². The van der Waals surface area contributed by atoms with Gasteiger partial charge in [-0.15, -0.1) is 0 Å². The Bertz CT molecular complexity index is 783. The Kier molecular flexibility index (Phi) is 5.14. The fraction of sp³-hybridized carbons (Fsp3) is 0.188. The van der Waals surface area contributed by atoms with Gasteiger partial charge in [0.2, 0.25) is 0 Å². The van der Waals surface area contributed by atoms with Crippen molar-refractivity contribution in [3.8, 4) is 0 Å². The molecule has 7 nitrogen and oxygen atoms in total. The fourth-order valence-corrected chi connectivity index (χ4v) is 2.03. The minimum absolute atomic E-state index is 0.00464. The van der Waals surface area contributed by atoms with Crippen molar-refractivity contribution in [2.24, 2.45) is 0 Å². The van der Waals surface area contributed by atoms with E-state index in [0.717, 1.165) is 16.8 Å². The summed E-state index contributed by atoms with van der Waals surface area (Å²) in [6.07, 6.45) is 1.42. The number of anilines is 1. The molecule has 120 valence electrons. The van der Waals surface area contributed by atoms with Crippen molar-refractivity contribution in [1.82, 2.24) is 15.8 Å². The molecule has 0 spiro atoms. The molecule has 1 aromatic heterocycles. The molecule has 2 rings (SSSR count). The van der Waals surface area contributed by atoms with Crippen LogP contribution in [0.15, 0.2) is 41.3 Å². The van der Waals surface area contributed by atoms with Crippen molar-refractivity contribution >= 4 is 17.5 Å². The molecule has 2 amide bonds. The number of hydrazine groups is 1. The van der Waals surface area contributed by atoms with Gasteiger partial charge in [-0.1, -0.05) is 17.7 Å². The van der Waals surface area contributed by atoms with Crippen molar-refractivity contribution in [2.45, 2.75) is 13.8 Å². The Morgan fingerprint density at radius 1 is 1.13 bits per heavy atom. The molecular weight excluding hydrogens is 296 g/mol. The molecule has 1 heterocycles. The minimum Gasteiger partial charge on any atom is -0.376 e. The molecule has 0 aliphatic rings. The zero-order valence-corrected chi connectivity index (χ0v) is 12.9. The average molecular weight is 314 g/mol. The van der Waals surface area contributed by atoms with Gasteiger partial charge < -0.3 is 10.3 Å². The lowest BCUT2D eigenvalue weighted by Gasteiger charge is -2.11. The second-order valence-electron chi connectivity index (χ2n) is 5.09. The van der Waals surface area contributed by atoms with Crippen LogP contribution in [0.4, 0.5) is 5.69 Å². The van der Waals surface area contributed by atoms with Crippen LogP contribution < -0.4 is 21.7 Å². The van der Waals surface area contributed by atoms with Crippen LogP contribution in [0.1, 0.15) is 21.5 Å². The molecule has 7 heteroatoms. The third-order valence-corrected chi connectivity index (χ3v) is 3.20. The summed E-state index contributed by atoms with van der Waals surface area (Å²) in [6.45, 7) is 3.93. The molecule has 0 saturated carbocycles. The Labute approximate surface area is 133 Å². The largest absolute Gasteiger partial charge is 0.376 e. The van der Waals surface area contributed by atoms with Crippen molar-refractivity contribution in [2.75, 3.05) is 11.9 Å². The van der Waals surface area contributed by atoms with Crippen LogP contribution in [-0.4, -0.2) is 23.3 Å². The van der Waals surface area contributed by atoms with Gasteiger partial charge in [0.1, 0.15) is 5.56 Å². The van der Waals surface area contributed by atoms with Gasteiger partial charge in [-0.25, -0.2) is 0 Å². The normalized spacial score (nSPS) is 10.0. The number of aryl methyl sites for hydroxylation is 2. The number of nitrogens with one attached hydrogen (secondary N) is 4. The van der Waals surface area contributed by atoms with Crippen LogP contribution in [0.3, 0.4) is 0 Å². The Balaban J connectivity index is 1.85. The lowest BCUT2D eigenvalue weighted by Crippen LogP contribution is -2.45. The quantitative estimate of drug-likeness (QED) is 0.629. The second-order valence-corrected chi connectivity index (χ2v) is 5.09. The first-order chi connectivity index (χ1) is 11.0. The van der Waals surface area contributed by atoms with E-state index in [9.17, 15) is 14.4 Å². The minimum atomic E-state index is -0.674. The van der Waals surface area contributed by atoms with Gasteiger partial charge in [-0.3, -0.25) is 25.2 Å². The molecule has 4 N–H and O–H groups in total. The van der Waals surface area contributed by atoms with E-state index in [2.05, 4.69) is 21.2 Å². The van der Waals surface area contributed by atoms with Crippen LogP contribution in [0, 0.1) is 13.8 Å². The molecule has 0 fully saturated rings. The van der Waals surface area contributed by atoms with Crippen LogP contribution in [-0.2, 0) is 4.79 Å². The summed E-state index contributed by atoms with van der Waals surface area (Å²) in [5.74, 6) is -1.10. The summed E-state index contributed by atoms with van der Waals surface area (Å²) in [4.78, 5) is 37.3. The van der Waals surface area contributed by atoms with Gasteiger partial charge in [-0.05, 0) is 37.6 Å².